The van der Waals surface area contributed by atoms with Gasteiger partial charge in [-0.05, 0) is 177 Å². The number of aryl methyl sites for hydroxylation is 1. The highest BCUT2D eigenvalue weighted by Crippen LogP contribution is 2.41. The van der Waals surface area contributed by atoms with Gasteiger partial charge >= 0.3 is 0 Å². The maximum absolute atomic E-state index is 2.40. The molecule has 16 aromatic rings. The van der Waals surface area contributed by atoms with E-state index in [0.717, 1.165) is 0 Å². The van der Waals surface area contributed by atoms with Gasteiger partial charge in [-0.3, -0.25) is 0 Å². The predicted octanol–water partition coefficient (Wildman–Crippen LogP) is 19.9. The van der Waals surface area contributed by atoms with Crippen LogP contribution in [0, 0.1) is 6.92 Å². The zero-order valence-electron chi connectivity index (χ0n) is 43.6. The number of benzene rings is 12. The number of fused-ring (bicyclic) bond motifs is 10. The lowest BCUT2D eigenvalue weighted by atomic mass is 9.99. The van der Waals surface area contributed by atoms with Crippen LogP contribution in [-0.2, 0) is 0 Å². The number of hydrogen-bond acceptors (Lipinski definition) is 0. The average molecular weight is 1010 g/mol. The Kier molecular flexibility index (Phi) is 11.0. The van der Waals surface area contributed by atoms with Crippen molar-refractivity contribution in [2.45, 2.75) is 6.92 Å². The van der Waals surface area contributed by atoms with E-state index in [1.54, 1.807) is 0 Å². The molecule has 0 aliphatic heterocycles. The molecule has 0 aliphatic rings. The number of aromatic nitrogens is 4. The van der Waals surface area contributed by atoms with Crippen LogP contribution in [0.3, 0.4) is 0 Å². The number of hydrogen-bond donors (Lipinski definition) is 0. The van der Waals surface area contributed by atoms with Crippen LogP contribution in [0.2, 0.25) is 0 Å². The van der Waals surface area contributed by atoms with E-state index >= 15 is 0 Å². The Bertz CT molecular complexity index is 4960. The molecule has 0 N–H and O–H groups in total. The smallest absolute Gasteiger partial charge is 0.0547 e. The highest BCUT2D eigenvalue weighted by atomic mass is 15.0. The van der Waals surface area contributed by atoms with Crippen molar-refractivity contribution < 1.29 is 0 Å². The van der Waals surface area contributed by atoms with Crippen LogP contribution < -0.4 is 0 Å². The summed E-state index contributed by atoms with van der Waals surface area (Å²) in [6.07, 6.45) is 4.33. The van der Waals surface area contributed by atoms with Crippen molar-refractivity contribution in [2.75, 3.05) is 0 Å². The SMILES string of the molecule is Cc1cccc(-n2ccc3ccc(-c4ccc5c(c4)c4c6ccccc6ccc4n5-c4ccccc4)cc32)c1.c1ccc(-c2cccc(-n3c4ccccc4c4cc(-c5ccc6ccn(-c7ccccc7)c6c5)ccc43)c2)cc1. The van der Waals surface area contributed by atoms with Crippen LogP contribution in [0.25, 0.3) is 132 Å². The molecule has 12 aromatic carbocycles. The fraction of sp³-hybridized carbons (Fsp3) is 0.0133. The van der Waals surface area contributed by atoms with Crippen molar-refractivity contribution in [1.82, 2.24) is 18.3 Å². The van der Waals surface area contributed by atoms with Gasteiger partial charge in [0.15, 0.2) is 0 Å². The van der Waals surface area contributed by atoms with Crippen LogP contribution in [0.5, 0.6) is 0 Å². The fourth-order valence-electron chi connectivity index (χ4n) is 12.1. The minimum Gasteiger partial charge on any atom is -0.317 e. The van der Waals surface area contributed by atoms with Gasteiger partial charge in [0, 0.05) is 56.7 Å². The zero-order chi connectivity index (χ0) is 52.4. The third-order valence-electron chi connectivity index (χ3n) is 15.9. The van der Waals surface area contributed by atoms with E-state index < -0.39 is 0 Å². The highest BCUT2D eigenvalue weighted by molar-refractivity contribution is 6.22. The predicted molar refractivity (Wildman–Crippen MR) is 334 cm³/mol. The van der Waals surface area contributed by atoms with E-state index in [-0.39, 0.29) is 0 Å². The molecule has 0 radical (unpaired) electrons. The Labute approximate surface area is 458 Å². The molecule has 0 bridgehead atoms. The van der Waals surface area contributed by atoms with Crippen molar-refractivity contribution in [3.05, 3.63) is 303 Å². The molecule has 0 aliphatic carbocycles. The van der Waals surface area contributed by atoms with Crippen molar-refractivity contribution in [1.29, 1.82) is 0 Å². The van der Waals surface area contributed by atoms with E-state index in [4.69, 9.17) is 0 Å². The molecule has 16 rings (SSSR count). The maximum atomic E-state index is 2.40. The summed E-state index contributed by atoms with van der Waals surface area (Å²) in [5.41, 5.74) is 20.6. The van der Waals surface area contributed by atoms with Gasteiger partial charge in [0.05, 0.1) is 33.1 Å². The molecular formula is C75H52N4. The van der Waals surface area contributed by atoms with Crippen LogP contribution in [0.15, 0.2) is 298 Å². The molecule has 0 fully saturated rings. The molecule has 0 unspecified atom stereocenters. The van der Waals surface area contributed by atoms with Crippen LogP contribution >= 0.6 is 0 Å². The summed E-state index contributed by atoms with van der Waals surface area (Å²) >= 11 is 0. The summed E-state index contributed by atoms with van der Waals surface area (Å²) in [5.74, 6) is 0. The third kappa shape index (κ3) is 8.00. The average Bonchev–Trinajstić information content (AvgIpc) is 4.38. The Balaban J connectivity index is 0.000000137. The first-order chi connectivity index (χ1) is 39.1. The molecule has 4 heterocycles. The Morgan fingerprint density at radius 2 is 0.696 bits per heavy atom. The molecule has 4 nitrogen and oxygen atoms in total. The molecule has 4 aromatic heterocycles. The lowest BCUT2D eigenvalue weighted by Gasteiger charge is -2.11. The minimum absolute atomic E-state index is 1.17. The second kappa shape index (κ2) is 19.0. The molecule has 4 heteroatoms. The van der Waals surface area contributed by atoms with Gasteiger partial charge in [0.1, 0.15) is 0 Å². The van der Waals surface area contributed by atoms with Gasteiger partial charge in [-0.25, -0.2) is 0 Å². The molecule has 372 valence electrons. The Morgan fingerprint density at radius 3 is 1.41 bits per heavy atom. The second-order valence-electron chi connectivity index (χ2n) is 20.7. The van der Waals surface area contributed by atoms with Crippen molar-refractivity contribution in [3.63, 3.8) is 0 Å². The van der Waals surface area contributed by atoms with Gasteiger partial charge < -0.3 is 18.3 Å². The maximum Gasteiger partial charge on any atom is 0.0547 e. The second-order valence-corrected chi connectivity index (χ2v) is 20.7. The van der Waals surface area contributed by atoms with E-state index in [1.165, 1.54) is 138 Å². The summed E-state index contributed by atoms with van der Waals surface area (Å²) < 4.78 is 9.35. The van der Waals surface area contributed by atoms with Crippen LogP contribution in [-0.4, -0.2) is 18.3 Å². The van der Waals surface area contributed by atoms with E-state index in [9.17, 15) is 0 Å². The number of rotatable bonds is 7. The summed E-state index contributed by atoms with van der Waals surface area (Å²) in [6.45, 7) is 2.14. The molecule has 0 atom stereocenters. The zero-order valence-corrected chi connectivity index (χ0v) is 43.6. The Hall–Kier alpha value is -10.4. The summed E-state index contributed by atoms with van der Waals surface area (Å²) in [6, 6.07) is 103. The normalized spacial score (nSPS) is 11.6. The Morgan fingerprint density at radius 1 is 0.228 bits per heavy atom. The molecule has 79 heavy (non-hydrogen) atoms. The van der Waals surface area contributed by atoms with Crippen LogP contribution in [0.1, 0.15) is 5.56 Å². The minimum atomic E-state index is 1.17. The van der Waals surface area contributed by atoms with Gasteiger partial charge in [0.25, 0.3) is 0 Å². The van der Waals surface area contributed by atoms with Gasteiger partial charge in [-0.2, -0.15) is 0 Å². The first-order valence-corrected chi connectivity index (χ1v) is 27.1. The summed E-state index contributed by atoms with van der Waals surface area (Å²) in [7, 11) is 0. The first kappa shape index (κ1) is 45.9. The molecule has 0 spiro atoms. The summed E-state index contributed by atoms with van der Waals surface area (Å²) in [4.78, 5) is 0. The standard InChI is InChI=1S/C38H26N2.C37H26N2/c1-3-10-27(11-4-1)29-12-9-15-33(24-29)40-36-17-8-7-16-34(36)35-25-30(20-21-37(35)40)31-19-18-28-22-23-39(38(28)26-31)32-13-5-2-6-14-32;1-25-8-7-12-31(22-25)38-21-20-27-14-15-29(24-36(27)38)28-17-18-34-33(23-28)37-32-13-6-5-9-26(32)16-19-35(37)39(34)30-10-3-2-4-11-30/h1-26H;2-24H,1H3. The summed E-state index contributed by atoms with van der Waals surface area (Å²) in [5, 5.41) is 10.1. The van der Waals surface area contributed by atoms with E-state index in [0.29, 0.717) is 0 Å². The first-order valence-electron chi connectivity index (χ1n) is 27.1. The van der Waals surface area contributed by atoms with Crippen LogP contribution in [0.4, 0.5) is 0 Å². The van der Waals surface area contributed by atoms with Crippen molar-refractivity contribution in [2.24, 2.45) is 0 Å². The van der Waals surface area contributed by atoms with Crippen molar-refractivity contribution in [3.8, 4) is 56.1 Å². The lowest BCUT2D eigenvalue weighted by Crippen LogP contribution is -1.94. The van der Waals surface area contributed by atoms with E-state index in [1.807, 2.05) is 0 Å². The van der Waals surface area contributed by atoms with Gasteiger partial charge in [-0.1, -0.05) is 176 Å². The fourth-order valence-corrected chi connectivity index (χ4v) is 12.1. The molecular weight excluding hydrogens is 957 g/mol. The van der Waals surface area contributed by atoms with Gasteiger partial charge in [0.2, 0.25) is 0 Å². The van der Waals surface area contributed by atoms with Crippen molar-refractivity contribution >= 4 is 76.2 Å². The largest absolute Gasteiger partial charge is 0.317 e. The lowest BCUT2D eigenvalue weighted by molar-refractivity contribution is 1.12. The quantitative estimate of drug-likeness (QED) is 0.152. The number of para-hydroxylation sites is 3. The number of nitrogens with zero attached hydrogens (tertiary/aromatic N) is 4. The molecule has 0 saturated heterocycles. The topological polar surface area (TPSA) is 19.7 Å². The molecule has 0 saturated carbocycles. The molecule has 0 amide bonds. The monoisotopic (exact) mass is 1010 g/mol. The van der Waals surface area contributed by atoms with E-state index in [2.05, 4.69) is 323 Å². The third-order valence-corrected chi connectivity index (χ3v) is 15.9. The highest BCUT2D eigenvalue weighted by Gasteiger charge is 2.18. The van der Waals surface area contributed by atoms with Gasteiger partial charge in [-0.15, -0.1) is 0 Å².